The Kier molecular flexibility index (Phi) is 4.98. The number of thioether (sulfide) groups is 1. The molecule has 0 spiro atoms. The zero-order valence-corrected chi connectivity index (χ0v) is 16.0. The molecule has 3 aromatic carbocycles. The van der Waals surface area contributed by atoms with Crippen LogP contribution in [0.1, 0.15) is 21.5 Å². The first-order chi connectivity index (χ1) is 14.1. The zero-order valence-electron chi connectivity index (χ0n) is 15.2. The van der Waals surface area contributed by atoms with Crippen molar-refractivity contribution in [3.8, 4) is 6.07 Å². The van der Waals surface area contributed by atoms with Crippen LogP contribution >= 0.6 is 11.8 Å². The molecule has 0 radical (unpaired) electrons. The number of nitrogens with zero attached hydrogens (tertiary/aromatic N) is 2. The predicted octanol–water partition coefficient (Wildman–Crippen LogP) is 4.63. The number of ketones is 1. The van der Waals surface area contributed by atoms with E-state index in [0.717, 1.165) is 33.0 Å². The maximum absolute atomic E-state index is 12.7. The number of benzene rings is 3. The molecule has 1 saturated heterocycles. The molecular weight excluding hydrogens is 384 g/mol. The number of hydrogen-bond donors (Lipinski definition) is 0. The van der Waals surface area contributed by atoms with Crippen molar-refractivity contribution < 1.29 is 14.4 Å². The highest BCUT2D eigenvalue weighted by molar-refractivity contribution is 8.18. The summed E-state index contributed by atoms with van der Waals surface area (Å²) in [7, 11) is 0. The predicted molar refractivity (Wildman–Crippen MR) is 112 cm³/mol. The minimum Gasteiger partial charge on any atom is -0.292 e. The van der Waals surface area contributed by atoms with Crippen LogP contribution in [-0.4, -0.2) is 28.4 Å². The van der Waals surface area contributed by atoms with Crippen LogP contribution in [0.3, 0.4) is 0 Å². The van der Waals surface area contributed by atoms with Crippen molar-refractivity contribution in [3.05, 3.63) is 88.3 Å². The van der Waals surface area contributed by atoms with Crippen molar-refractivity contribution in [3.63, 3.8) is 0 Å². The molecule has 1 aliphatic rings. The largest absolute Gasteiger partial charge is 0.293 e. The molecule has 140 valence electrons. The Morgan fingerprint density at radius 1 is 1.00 bits per heavy atom. The van der Waals surface area contributed by atoms with E-state index in [9.17, 15) is 14.4 Å². The summed E-state index contributed by atoms with van der Waals surface area (Å²) in [6.45, 7) is -0.330. The Morgan fingerprint density at radius 2 is 1.72 bits per heavy atom. The van der Waals surface area contributed by atoms with Gasteiger partial charge < -0.3 is 0 Å². The third-order valence-corrected chi connectivity index (χ3v) is 5.53. The van der Waals surface area contributed by atoms with E-state index in [0.29, 0.717) is 16.0 Å². The third kappa shape index (κ3) is 3.68. The van der Waals surface area contributed by atoms with E-state index in [1.807, 2.05) is 48.5 Å². The molecule has 0 saturated carbocycles. The second kappa shape index (κ2) is 7.74. The van der Waals surface area contributed by atoms with Gasteiger partial charge in [0, 0.05) is 5.56 Å². The van der Waals surface area contributed by atoms with Crippen LogP contribution in [0.15, 0.2) is 71.6 Å². The molecule has 1 heterocycles. The number of Topliss-reactive ketones (excluding diaryl/α,β-unsaturated/α-hetero) is 1. The summed E-state index contributed by atoms with van der Waals surface area (Å²) in [6.07, 6.45) is 1.69. The molecule has 0 unspecified atom stereocenters. The molecule has 1 fully saturated rings. The molecular formula is C23H14N2O3S. The molecule has 0 N–H and O–H groups in total. The second-order valence-electron chi connectivity index (χ2n) is 6.45. The van der Waals surface area contributed by atoms with Gasteiger partial charge in [0.1, 0.15) is 0 Å². The molecule has 0 aromatic heterocycles. The van der Waals surface area contributed by atoms with Gasteiger partial charge in [-0.1, -0.05) is 54.6 Å². The number of hydrogen-bond acceptors (Lipinski definition) is 5. The number of nitriles is 1. The average Bonchev–Trinajstić information content (AvgIpc) is 3.01. The Labute approximate surface area is 171 Å². The highest BCUT2D eigenvalue weighted by Crippen LogP contribution is 2.33. The second-order valence-corrected chi connectivity index (χ2v) is 7.44. The number of amides is 2. The van der Waals surface area contributed by atoms with Crippen LogP contribution < -0.4 is 0 Å². The average molecular weight is 398 g/mol. The SMILES string of the molecule is N#Cc1ccc(C(=O)CN2C(=O)S/C(=C\c3cccc4ccccc34)C2=O)cc1. The van der Waals surface area contributed by atoms with Gasteiger partial charge in [-0.15, -0.1) is 0 Å². The maximum atomic E-state index is 12.7. The summed E-state index contributed by atoms with van der Waals surface area (Å²) < 4.78 is 0. The molecule has 5 nitrogen and oxygen atoms in total. The minimum absolute atomic E-state index is 0.291. The van der Waals surface area contributed by atoms with E-state index in [1.165, 1.54) is 24.3 Å². The van der Waals surface area contributed by atoms with Gasteiger partial charge >= 0.3 is 0 Å². The lowest BCUT2D eigenvalue weighted by Crippen LogP contribution is -2.33. The van der Waals surface area contributed by atoms with E-state index in [2.05, 4.69) is 0 Å². The van der Waals surface area contributed by atoms with Gasteiger partial charge in [0.2, 0.25) is 0 Å². The lowest BCUT2D eigenvalue weighted by Gasteiger charge is -2.11. The Bertz CT molecular complexity index is 1220. The van der Waals surface area contributed by atoms with Crippen LogP contribution in [0, 0.1) is 11.3 Å². The fourth-order valence-corrected chi connectivity index (χ4v) is 3.95. The first-order valence-corrected chi connectivity index (χ1v) is 9.65. The van der Waals surface area contributed by atoms with Gasteiger partial charge in [-0.25, -0.2) is 0 Å². The monoisotopic (exact) mass is 398 g/mol. The minimum atomic E-state index is -0.477. The van der Waals surface area contributed by atoms with Crippen molar-refractivity contribution in [1.29, 1.82) is 5.26 Å². The Morgan fingerprint density at radius 3 is 2.48 bits per heavy atom. The molecule has 3 aromatic rings. The van der Waals surface area contributed by atoms with Crippen molar-refractivity contribution in [2.75, 3.05) is 6.54 Å². The molecule has 29 heavy (non-hydrogen) atoms. The van der Waals surface area contributed by atoms with Crippen molar-refractivity contribution in [2.45, 2.75) is 0 Å². The summed E-state index contributed by atoms with van der Waals surface area (Å²) in [5.41, 5.74) is 1.62. The van der Waals surface area contributed by atoms with E-state index < -0.39 is 11.1 Å². The van der Waals surface area contributed by atoms with Crippen molar-refractivity contribution in [1.82, 2.24) is 4.90 Å². The van der Waals surface area contributed by atoms with Gasteiger partial charge in [0.05, 0.1) is 23.1 Å². The van der Waals surface area contributed by atoms with Gasteiger partial charge in [-0.05, 0) is 46.3 Å². The molecule has 4 rings (SSSR count). The summed E-state index contributed by atoms with van der Waals surface area (Å²) in [4.78, 5) is 38.8. The third-order valence-electron chi connectivity index (χ3n) is 4.62. The van der Waals surface area contributed by atoms with Crippen molar-refractivity contribution >= 4 is 45.5 Å². The standard InChI is InChI=1S/C23H14N2O3S/c24-13-15-8-10-17(11-9-15)20(26)14-25-22(27)21(29-23(25)28)12-18-6-3-5-16-4-1-2-7-19(16)18/h1-12H,14H2/b21-12-. The molecule has 0 aliphatic carbocycles. The first-order valence-electron chi connectivity index (χ1n) is 8.83. The highest BCUT2D eigenvalue weighted by atomic mass is 32.2. The van der Waals surface area contributed by atoms with Crippen LogP contribution in [0.5, 0.6) is 0 Å². The summed E-state index contributed by atoms with van der Waals surface area (Å²) in [6, 6.07) is 21.6. The first kappa shape index (κ1) is 18.7. The molecule has 0 bridgehead atoms. The number of imide groups is 1. The van der Waals surface area contributed by atoms with E-state index in [1.54, 1.807) is 6.08 Å². The Balaban J connectivity index is 1.57. The fraction of sp³-hybridized carbons (Fsp3) is 0.0435. The topological polar surface area (TPSA) is 78.2 Å². The van der Waals surface area contributed by atoms with Crippen LogP contribution in [-0.2, 0) is 4.79 Å². The van der Waals surface area contributed by atoms with E-state index in [4.69, 9.17) is 5.26 Å². The molecule has 2 amide bonds. The van der Waals surface area contributed by atoms with E-state index in [-0.39, 0.29) is 12.3 Å². The number of carbonyl (C=O) groups excluding carboxylic acids is 3. The summed E-state index contributed by atoms with van der Waals surface area (Å²) in [5, 5.41) is 10.4. The number of rotatable bonds is 4. The highest BCUT2D eigenvalue weighted by Gasteiger charge is 2.36. The van der Waals surface area contributed by atoms with Crippen LogP contribution in [0.25, 0.3) is 16.8 Å². The smallest absolute Gasteiger partial charge is 0.292 e. The molecule has 0 atom stereocenters. The maximum Gasteiger partial charge on any atom is 0.293 e. The van der Waals surface area contributed by atoms with E-state index >= 15 is 0 Å². The fourth-order valence-electron chi connectivity index (χ4n) is 3.12. The Hall–Kier alpha value is -3.69. The normalized spacial score (nSPS) is 15.1. The lowest BCUT2D eigenvalue weighted by atomic mass is 10.0. The summed E-state index contributed by atoms with van der Waals surface area (Å²) in [5.74, 6) is -0.835. The van der Waals surface area contributed by atoms with Gasteiger partial charge in [0.15, 0.2) is 5.78 Å². The molecule has 1 aliphatic heterocycles. The number of fused-ring (bicyclic) bond motifs is 1. The molecule has 6 heteroatoms. The van der Waals surface area contributed by atoms with Gasteiger partial charge in [0.25, 0.3) is 11.1 Å². The van der Waals surface area contributed by atoms with Crippen LogP contribution in [0.2, 0.25) is 0 Å². The van der Waals surface area contributed by atoms with Gasteiger partial charge in [-0.2, -0.15) is 5.26 Å². The summed E-state index contributed by atoms with van der Waals surface area (Å²) >= 11 is 0.832. The quantitative estimate of drug-likeness (QED) is 0.473. The lowest BCUT2D eigenvalue weighted by molar-refractivity contribution is -0.122. The van der Waals surface area contributed by atoms with Crippen molar-refractivity contribution in [2.24, 2.45) is 0 Å². The van der Waals surface area contributed by atoms with Crippen LogP contribution in [0.4, 0.5) is 4.79 Å². The number of carbonyl (C=O) groups is 3. The van der Waals surface area contributed by atoms with Gasteiger partial charge in [-0.3, -0.25) is 19.3 Å². The zero-order chi connectivity index (χ0) is 20.4.